The van der Waals surface area contributed by atoms with E-state index in [-0.39, 0.29) is 0 Å². The van der Waals surface area contributed by atoms with Gasteiger partial charge >= 0.3 is 0 Å². The highest BCUT2D eigenvalue weighted by Crippen LogP contribution is 2.35. The zero-order valence-corrected chi connectivity index (χ0v) is 20.3. The molecule has 0 N–H and O–H groups in total. The summed E-state index contributed by atoms with van der Waals surface area (Å²) in [7, 11) is 3.70. The van der Waals surface area contributed by atoms with Crippen LogP contribution in [-0.2, 0) is 7.05 Å². The predicted octanol–water partition coefficient (Wildman–Crippen LogP) is 7.01. The molecule has 0 radical (unpaired) electrons. The number of hydrogen-bond acceptors (Lipinski definition) is 4. The van der Waals surface area contributed by atoms with Crippen molar-refractivity contribution in [3.05, 3.63) is 113 Å². The SMILES string of the molecule is Cc1cc(Cl)cc(F)c1N(C)c1cc2c(ncn2C)c(N=C(c2ccccc2)c2ccccc2)n1. The number of aliphatic imine (C=N–C) groups is 1. The van der Waals surface area contributed by atoms with Gasteiger partial charge in [-0.05, 0) is 24.6 Å². The first kappa shape index (κ1) is 22.7. The first-order chi connectivity index (χ1) is 16.9. The molecule has 0 aliphatic heterocycles. The Hall–Kier alpha value is -4.03. The van der Waals surface area contributed by atoms with Gasteiger partial charge in [0.15, 0.2) is 5.82 Å². The first-order valence-electron chi connectivity index (χ1n) is 11.1. The van der Waals surface area contributed by atoms with Crippen molar-refractivity contribution < 1.29 is 4.39 Å². The molecule has 5 nitrogen and oxygen atoms in total. The predicted molar refractivity (Wildman–Crippen MR) is 141 cm³/mol. The van der Waals surface area contributed by atoms with Crippen LogP contribution in [0.15, 0.2) is 90.2 Å². The molecule has 0 atom stereocenters. The minimum atomic E-state index is -0.413. The summed E-state index contributed by atoms with van der Waals surface area (Å²) >= 11 is 6.05. The molecule has 0 aliphatic rings. The van der Waals surface area contributed by atoms with Gasteiger partial charge in [-0.1, -0.05) is 72.3 Å². The van der Waals surface area contributed by atoms with Gasteiger partial charge in [0.1, 0.15) is 17.2 Å². The summed E-state index contributed by atoms with van der Waals surface area (Å²) in [4.78, 5) is 16.2. The molecular weight excluding hydrogens is 461 g/mol. The van der Waals surface area contributed by atoms with E-state index < -0.39 is 5.82 Å². The molecule has 0 aliphatic carbocycles. The number of aromatic nitrogens is 3. The van der Waals surface area contributed by atoms with Crippen molar-refractivity contribution in [2.24, 2.45) is 12.0 Å². The highest BCUT2D eigenvalue weighted by molar-refractivity contribution is 6.30. The number of aryl methyl sites for hydroxylation is 2. The second-order valence-corrected chi connectivity index (χ2v) is 8.77. The molecule has 0 saturated heterocycles. The van der Waals surface area contributed by atoms with Gasteiger partial charge in [-0.3, -0.25) is 0 Å². The number of anilines is 2. The number of fused-ring (bicyclic) bond motifs is 1. The van der Waals surface area contributed by atoms with E-state index in [0.29, 0.717) is 33.4 Å². The van der Waals surface area contributed by atoms with Crippen molar-refractivity contribution in [2.45, 2.75) is 6.92 Å². The summed E-state index contributed by atoms with van der Waals surface area (Å²) in [6, 6.07) is 24.9. The van der Waals surface area contributed by atoms with E-state index in [2.05, 4.69) is 4.98 Å². The Labute approximate surface area is 208 Å². The maximum absolute atomic E-state index is 14.9. The molecule has 174 valence electrons. The van der Waals surface area contributed by atoms with Crippen molar-refractivity contribution in [3.63, 3.8) is 0 Å². The zero-order valence-electron chi connectivity index (χ0n) is 19.6. The third kappa shape index (κ3) is 4.40. The Morgan fingerprint density at radius 2 is 1.60 bits per heavy atom. The van der Waals surface area contributed by atoms with Crippen LogP contribution in [0.5, 0.6) is 0 Å². The Kier molecular flexibility index (Phi) is 6.05. The Morgan fingerprint density at radius 1 is 0.971 bits per heavy atom. The van der Waals surface area contributed by atoms with Crippen LogP contribution in [0.3, 0.4) is 0 Å². The normalized spacial score (nSPS) is 11.0. The van der Waals surface area contributed by atoms with Crippen LogP contribution < -0.4 is 4.90 Å². The van der Waals surface area contributed by atoms with E-state index in [4.69, 9.17) is 21.6 Å². The van der Waals surface area contributed by atoms with Crippen molar-refractivity contribution in [3.8, 4) is 0 Å². The average Bonchev–Trinajstić information content (AvgIpc) is 3.23. The number of pyridine rings is 1. The highest BCUT2D eigenvalue weighted by Gasteiger charge is 2.19. The monoisotopic (exact) mass is 483 g/mol. The molecule has 3 aromatic carbocycles. The van der Waals surface area contributed by atoms with Crippen LogP contribution >= 0.6 is 11.6 Å². The molecule has 0 saturated carbocycles. The third-order valence-corrected chi connectivity index (χ3v) is 6.11. The van der Waals surface area contributed by atoms with Crippen LogP contribution in [0.25, 0.3) is 11.0 Å². The summed E-state index contributed by atoms with van der Waals surface area (Å²) in [5.74, 6) is 0.591. The molecule has 0 amide bonds. The van der Waals surface area contributed by atoms with Crippen molar-refractivity contribution in [1.82, 2.24) is 14.5 Å². The molecule has 2 heterocycles. The van der Waals surface area contributed by atoms with Crippen molar-refractivity contribution in [1.29, 1.82) is 0 Å². The molecule has 7 heteroatoms. The van der Waals surface area contributed by atoms with Gasteiger partial charge in [0.05, 0.1) is 23.2 Å². The highest BCUT2D eigenvalue weighted by atomic mass is 35.5. The minimum Gasteiger partial charge on any atom is -0.334 e. The lowest BCUT2D eigenvalue weighted by Gasteiger charge is -2.22. The fraction of sp³-hybridized carbons (Fsp3) is 0.107. The lowest BCUT2D eigenvalue weighted by Crippen LogP contribution is -2.14. The maximum atomic E-state index is 14.9. The van der Waals surface area contributed by atoms with Gasteiger partial charge < -0.3 is 9.47 Å². The quantitative estimate of drug-likeness (QED) is 0.253. The number of benzene rings is 3. The smallest absolute Gasteiger partial charge is 0.183 e. The van der Waals surface area contributed by atoms with E-state index in [9.17, 15) is 4.39 Å². The fourth-order valence-electron chi connectivity index (χ4n) is 4.18. The fourth-order valence-corrected chi connectivity index (χ4v) is 4.44. The molecule has 5 rings (SSSR count). The molecule has 0 fully saturated rings. The average molecular weight is 484 g/mol. The minimum absolute atomic E-state index is 0.354. The van der Waals surface area contributed by atoms with Gasteiger partial charge in [0.25, 0.3) is 0 Å². The summed E-state index contributed by atoms with van der Waals surface area (Å²) in [5, 5.41) is 0.354. The molecule has 0 bridgehead atoms. The zero-order chi connectivity index (χ0) is 24.5. The molecular formula is C28H23ClFN5. The van der Waals surface area contributed by atoms with Crippen LogP contribution in [0.2, 0.25) is 5.02 Å². The van der Waals surface area contributed by atoms with Crippen LogP contribution in [0.4, 0.5) is 21.7 Å². The Bertz CT molecular complexity index is 1480. The van der Waals surface area contributed by atoms with Crippen LogP contribution in [0.1, 0.15) is 16.7 Å². The Balaban J connectivity index is 1.73. The molecule has 35 heavy (non-hydrogen) atoms. The summed E-state index contributed by atoms with van der Waals surface area (Å²) in [6.07, 6.45) is 1.73. The largest absolute Gasteiger partial charge is 0.334 e. The van der Waals surface area contributed by atoms with Crippen LogP contribution in [-0.4, -0.2) is 27.3 Å². The third-order valence-electron chi connectivity index (χ3n) is 5.89. The van der Waals surface area contributed by atoms with Crippen LogP contribution in [0, 0.1) is 12.7 Å². The Morgan fingerprint density at radius 3 is 2.20 bits per heavy atom. The van der Waals surface area contributed by atoms with Gasteiger partial charge in [0.2, 0.25) is 0 Å². The first-order valence-corrected chi connectivity index (χ1v) is 11.5. The van der Waals surface area contributed by atoms with E-state index >= 15 is 0 Å². The summed E-state index contributed by atoms with van der Waals surface area (Å²) in [6.45, 7) is 1.82. The molecule has 2 aromatic heterocycles. The summed E-state index contributed by atoms with van der Waals surface area (Å²) in [5.41, 5.74) is 5.33. The topological polar surface area (TPSA) is 46.3 Å². The number of hydrogen-bond donors (Lipinski definition) is 0. The number of imidazole rings is 1. The van der Waals surface area contributed by atoms with E-state index in [1.54, 1.807) is 24.3 Å². The van der Waals surface area contributed by atoms with Gasteiger partial charge in [-0.15, -0.1) is 0 Å². The number of halogens is 2. The van der Waals surface area contributed by atoms with Gasteiger partial charge in [-0.25, -0.2) is 19.4 Å². The number of nitrogens with zero attached hydrogens (tertiary/aromatic N) is 5. The lowest BCUT2D eigenvalue weighted by molar-refractivity contribution is 0.626. The van der Waals surface area contributed by atoms with E-state index in [1.807, 2.05) is 85.3 Å². The van der Waals surface area contributed by atoms with Crippen molar-refractivity contribution >= 4 is 45.7 Å². The molecule has 0 spiro atoms. The van der Waals surface area contributed by atoms with Gasteiger partial charge in [-0.2, -0.15) is 0 Å². The van der Waals surface area contributed by atoms with E-state index in [0.717, 1.165) is 22.4 Å². The van der Waals surface area contributed by atoms with Crippen molar-refractivity contribution in [2.75, 3.05) is 11.9 Å². The van der Waals surface area contributed by atoms with E-state index in [1.165, 1.54) is 6.07 Å². The lowest BCUT2D eigenvalue weighted by atomic mass is 10.0. The second-order valence-electron chi connectivity index (χ2n) is 8.33. The molecule has 5 aromatic rings. The standard InChI is InChI=1S/C28H23ClFN5/c1-18-14-21(29)15-22(30)27(18)35(3)24-16-23-26(31-17-34(23)2)28(32-24)33-25(19-10-6-4-7-11-19)20-12-8-5-9-13-20/h4-17H,1-3H3. The maximum Gasteiger partial charge on any atom is 0.183 e. The summed E-state index contributed by atoms with van der Waals surface area (Å²) < 4.78 is 16.8. The number of rotatable bonds is 5. The molecule has 0 unspecified atom stereocenters. The van der Waals surface area contributed by atoms with Gasteiger partial charge in [0, 0.05) is 36.3 Å². The second kappa shape index (κ2) is 9.31.